The standard InChI is InChI=1S/C20H26N6O/c1-2-25-13-26(15-5-3-14(4-6-15)11-22-10-8-21)18-16-7-9-23-19(16)24-12-17(18)20(25)27/h7,9,12,14-15,22H,2-6,10-11,13H2,1H3,(H,23,24). The predicted octanol–water partition coefficient (Wildman–Crippen LogP) is 2.47. The summed E-state index contributed by atoms with van der Waals surface area (Å²) in [6.07, 6.45) is 8.14. The van der Waals surface area contributed by atoms with Crippen LogP contribution in [0.2, 0.25) is 0 Å². The van der Waals surface area contributed by atoms with Crippen LogP contribution in [0, 0.1) is 17.2 Å². The number of hydrogen-bond donors (Lipinski definition) is 2. The highest BCUT2D eigenvalue weighted by atomic mass is 16.2. The molecule has 1 aliphatic carbocycles. The van der Waals surface area contributed by atoms with Crippen molar-refractivity contribution in [2.45, 2.75) is 38.6 Å². The molecule has 27 heavy (non-hydrogen) atoms. The number of H-pyrrole nitrogens is 1. The number of rotatable bonds is 5. The maximum absolute atomic E-state index is 12.9. The minimum atomic E-state index is 0.0775. The van der Waals surface area contributed by atoms with Crippen LogP contribution < -0.4 is 10.2 Å². The van der Waals surface area contributed by atoms with Gasteiger partial charge in [-0.25, -0.2) is 4.98 Å². The Hall–Kier alpha value is -2.59. The Morgan fingerprint density at radius 1 is 1.37 bits per heavy atom. The zero-order valence-corrected chi connectivity index (χ0v) is 15.7. The second kappa shape index (κ2) is 7.57. The zero-order chi connectivity index (χ0) is 18.8. The van der Waals surface area contributed by atoms with E-state index in [0.717, 1.165) is 48.9 Å². The molecule has 0 atom stereocenters. The van der Waals surface area contributed by atoms with Crippen molar-refractivity contribution >= 4 is 22.6 Å². The van der Waals surface area contributed by atoms with Gasteiger partial charge in [0, 0.05) is 30.4 Å². The average Bonchev–Trinajstić information content (AvgIpc) is 3.18. The Balaban J connectivity index is 1.58. The molecule has 0 saturated heterocycles. The molecule has 142 valence electrons. The summed E-state index contributed by atoms with van der Waals surface area (Å²) in [6, 6.07) is 4.60. The van der Waals surface area contributed by atoms with E-state index in [1.54, 1.807) is 6.20 Å². The minimum Gasteiger partial charge on any atom is -0.349 e. The Labute approximate surface area is 159 Å². The number of aromatic amines is 1. The van der Waals surface area contributed by atoms with Crippen molar-refractivity contribution < 1.29 is 4.79 Å². The van der Waals surface area contributed by atoms with Crippen LogP contribution >= 0.6 is 0 Å². The van der Waals surface area contributed by atoms with Crippen LogP contribution in [0.15, 0.2) is 18.5 Å². The molecule has 7 heteroatoms. The van der Waals surface area contributed by atoms with Crippen LogP contribution in [0.4, 0.5) is 5.69 Å². The monoisotopic (exact) mass is 366 g/mol. The maximum atomic E-state index is 12.9. The van der Waals surface area contributed by atoms with Crippen molar-refractivity contribution in [3.8, 4) is 6.07 Å². The highest BCUT2D eigenvalue weighted by Crippen LogP contribution is 2.38. The molecule has 2 aliphatic rings. The van der Waals surface area contributed by atoms with Gasteiger partial charge in [0.1, 0.15) is 5.65 Å². The van der Waals surface area contributed by atoms with Crippen LogP contribution in [-0.4, -0.2) is 53.1 Å². The van der Waals surface area contributed by atoms with Gasteiger partial charge in [-0.15, -0.1) is 0 Å². The van der Waals surface area contributed by atoms with Crippen molar-refractivity contribution in [1.29, 1.82) is 5.26 Å². The van der Waals surface area contributed by atoms with Crippen molar-refractivity contribution in [1.82, 2.24) is 20.2 Å². The minimum absolute atomic E-state index is 0.0775. The first-order chi connectivity index (χ1) is 13.2. The van der Waals surface area contributed by atoms with Crippen LogP contribution in [-0.2, 0) is 0 Å². The van der Waals surface area contributed by atoms with Crippen molar-refractivity contribution in [3.05, 3.63) is 24.0 Å². The topological polar surface area (TPSA) is 88.0 Å². The lowest BCUT2D eigenvalue weighted by Crippen LogP contribution is -2.51. The molecule has 1 amide bonds. The van der Waals surface area contributed by atoms with Crippen LogP contribution in [0.3, 0.4) is 0 Å². The number of carbonyl (C=O) groups excluding carboxylic acids is 1. The molecule has 2 aromatic rings. The first-order valence-electron chi connectivity index (χ1n) is 9.82. The van der Waals surface area contributed by atoms with Crippen LogP contribution in [0.1, 0.15) is 43.0 Å². The van der Waals surface area contributed by atoms with Gasteiger partial charge in [-0.1, -0.05) is 0 Å². The van der Waals surface area contributed by atoms with Gasteiger partial charge in [0.15, 0.2) is 0 Å². The number of hydrogen-bond acceptors (Lipinski definition) is 5. The van der Waals surface area contributed by atoms with Crippen molar-refractivity contribution in [2.24, 2.45) is 5.92 Å². The molecule has 2 N–H and O–H groups in total. The van der Waals surface area contributed by atoms with Gasteiger partial charge < -0.3 is 20.1 Å². The van der Waals surface area contributed by atoms with Gasteiger partial charge in [-0.05, 0) is 51.1 Å². The molecule has 0 spiro atoms. The van der Waals surface area contributed by atoms with E-state index in [1.807, 2.05) is 24.1 Å². The molecule has 7 nitrogen and oxygen atoms in total. The number of nitrogens with one attached hydrogen (secondary N) is 2. The number of nitriles is 1. The molecule has 1 saturated carbocycles. The molecule has 0 radical (unpaired) electrons. The van der Waals surface area contributed by atoms with E-state index in [2.05, 4.69) is 26.3 Å². The molecule has 3 heterocycles. The highest BCUT2D eigenvalue weighted by Gasteiger charge is 2.35. The summed E-state index contributed by atoms with van der Waals surface area (Å²) in [7, 11) is 0. The van der Waals surface area contributed by atoms with E-state index in [4.69, 9.17) is 5.26 Å². The summed E-state index contributed by atoms with van der Waals surface area (Å²) in [4.78, 5) is 24.8. The number of fused-ring (bicyclic) bond motifs is 3. The molecule has 0 bridgehead atoms. The number of aromatic nitrogens is 2. The maximum Gasteiger partial charge on any atom is 0.258 e. The third-order valence-corrected chi connectivity index (χ3v) is 5.96. The smallest absolute Gasteiger partial charge is 0.258 e. The summed E-state index contributed by atoms with van der Waals surface area (Å²) in [5.74, 6) is 0.709. The van der Waals surface area contributed by atoms with E-state index in [1.165, 1.54) is 0 Å². The lowest BCUT2D eigenvalue weighted by Gasteiger charge is -2.44. The van der Waals surface area contributed by atoms with Gasteiger partial charge in [0.2, 0.25) is 0 Å². The number of nitrogens with zero attached hydrogens (tertiary/aromatic N) is 4. The number of carbonyl (C=O) groups is 1. The van der Waals surface area contributed by atoms with Gasteiger partial charge >= 0.3 is 0 Å². The van der Waals surface area contributed by atoms with E-state index < -0.39 is 0 Å². The Kier molecular flexibility index (Phi) is 4.99. The van der Waals surface area contributed by atoms with Gasteiger partial charge in [0.05, 0.1) is 30.5 Å². The largest absolute Gasteiger partial charge is 0.349 e. The molecule has 4 rings (SSSR count). The number of anilines is 1. The summed E-state index contributed by atoms with van der Waals surface area (Å²) >= 11 is 0. The zero-order valence-electron chi connectivity index (χ0n) is 15.7. The Bertz CT molecular complexity index is 861. The van der Waals surface area contributed by atoms with Gasteiger partial charge in [-0.3, -0.25) is 4.79 Å². The summed E-state index contributed by atoms with van der Waals surface area (Å²) in [5.41, 5.74) is 2.60. The second-order valence-corrected chi connectivity index (χ2v) is 7.50. The summed E-state index contributed by atoms with van der Waals surface area (Å²) < 4.78 is 0. The van der Waals surface area contributed by atoms with E-state index in [0.29, 0.717) is 37.3 Å². The van der Waals surface area contributed by atoms with Gasteiger partial charge in [-0.2, -0.15) is 5.26 Å². The van der Waals surface area contributed by atoms with Crippen LogP contribution in [0.5, 0.6) is 0 Å². The third kappa shape index (κ3) is 3.26. The summed E-state index contributed by atoms with van der Waals surface area (Å²) in [5, 5.41) is 12.9. The molecular weight excluding hydrogens is 340 g/mol. The third-order valence-electron chi connectivity index (χ3n) is 5.96. The average molecular weight is 366 g/mol. The molecular formula is C20H26N6O. The summed E-state index contributed by atoms with van der Waals surface area (Å²) in [6.45, 7) is 4.72. The first kappa shape index (κ1) is 17.8. The molecule has 1 fully saturated rings. The fourth-order valence-electron chi connectivity index (χ4n) is 4.48. The predicted molar refractivity (Wildman–Crippen MR) is 104 cm³/mol. The van der Waals surface area contributed by atoms with Crippen molar-refractivity contribution in [2.75, 3.05) is 31.2 Å². The first-order valence-corrected chi connectivity index (χ1v) is 9.82. The van der Waals surface area contributed by atoms with Crippen LogP contribution in [0.25, 0.3) is 11.0 Å². The van der Waals surface area contributed by atoms with E-state index in [9.17, 15) is 4.79 Å². The SMILES string of the molecule is CCN1CN(C2CCC(CNCC#N)CC2)c2c(cnc3[nH]ccc23)C1=O. The lowest BCUT2D eigenvalue weighted by molar-refractivity contribution is 0.0741. The molecule has 0 unspecified atom stereocenters. The fourth-order valence-corrected chi connectivity index (χ4v) is 4.48. The van der Waals surface area contributed by atoms with E-state index in [-0.39, 0.29) is 5.91 Å². The molecule has 1 aliphatic heterocycles. The highest BCUT2D eigenvalue weighted by molar-refractivity contribution is 6.08. The number of amides is 1. The Morgan fingerprint density at radius 2 is 2.19 bits per heavy atom. The fraction of sp³-hybridized carbons (Fsp3) is 0.550. The number of pyridine rings is 1. The molecule has 0 aromatic carbocycles. The normalized spacial score (nSPS) is 22.7. The second-order valence-electron chi connectivity index (χ2n) is 7.50. The lowest BCUT2D eigenvalue weighted by atomic mass is 9.84. The van der Waals surface area contributed by atoms with E-state index >= 15 is 0 Å². The Morgan fingerprint density at radius 3 is 2.93 bits per heavy atom. The molecule has 2 aromatic heterocycles. The van der Waals surface area contributed by atoms with Gasteiger partial charge in [0.25, 0.3) is 5.91 Å². The van der Waals surface area contributed by atoms with Crippen molar-refractivity contribution in [3.63, 3.8) is 0 Å². The quantitative estimate of drug-likeness (QED) is 0.627.